The van der Waals surface area contributed by atoms with Crippen LogP contribution in [0.2, 0.25) is 0 Å². The Hall–Kier alpha value is -4.16. The van der Waals surface area contributed by atoms with Crippen molar-refractivity contribution in [1.82, 2.24) is 10.6 Å². The van der Waals surface area contributed by atoms with Crippen molar-refractivity contribution in [2.24, 2.45) is 11.5 Å². The second-order valence-corrected chi connectivity index (χ2v) is 7.07. The van der Waals surface area contributed by atoms with Crippen LogP contribution in [0.5, 0.6) is 11.5 Å². The third-order valence-corrected chi connectivity index (χ3v) is 4.39. The van der Waals surface area contributed by atoms with E-state index in [9.17, 15) is 19.2 Å². The molecule has 2 aromatic rings. The number of carboxylic acid groups (broad SMARTS) is 2. The molecule has 1 unspecified atom stereocenters. The predicted octanol–water partition coefficient (Wildman–Crippen LogP) is -1.07. The first-order valence-electron chi connectivity index (χ1n) is 10.1. The van der Waals surface area contributed by atoms with E-state index in [-0.39, 0.29) is 37.4 Å². The lowest BCUT2D eigenvalue weighted by Crippen LogP contribution is -2.44. The standard InChI is InChI=1S/2C11H14N2O4/c2*12-6-10(15)13-9(11(16)17)5-7-1-3-8(14)4-2-7/h2*1-4,9,14H,5-6,12H2,(H,13,15)(H,16,17)/t9-;/m0./s1. The first-order valence-corrected chi connectivity index (χ1v) is 10.1. The lowest BCUT2D eigenvalue weighted by atomic mass is 10.1. The van der Waals surface area contributed by atoms with Crippen LogP contribution in [0.25, 0.3) is 0 Å². The lowest BCUT2D eigenvalue weighted by molar-refractivity contribution is -0.142. The van der Waals surface area contributed by atoms with Crippen molar-refractivity contribution in [2.75, 3.05) is 13.1 Å². The molecular weight excluding hydrogens is 448 g/mol. The molecule has 12 heteroatoms. The van der Waals surface area contributed by atoms with E-state index in [1.807, 2.05) is 0 Å². The number of amides is 2. The van der Waals surface area contributed by atoms with E-state index in [4.69, 9.17) is 31.9 Å². The second-order valence-electron chi connectivity index (χ2n) is 7.07. The van der Waals surface area contributed by atoms with Gasteiger partial charge in [-0.2, -0.15) is 0 Å². The Morgan fingerprint density at radius 1 is 0.647 bits per heavy atom. The van der Waals surface area contributed by atoms with Crippen molar-refractivity contribution in [3.63, 3.8) is 0 Å². The SMILES string of the molecule is NCC(=O)NC(Cc1ccc(O)cc1)C(=O)O.NCC(=O)N[C@@H](Cc1ccc(O)cc1)C(=O)O. The highest BCUT2D eigenvalue weighted by Crippen LogP contribution is 2.12. The van der Waals surface area contributed by atoms with Gasteiger partial charge in [0, 0.05) is 12.8 Å². The molecule has 0 radical (unpaired) electrons. The Morgan fingerprint density at radius 2 is 0.941 bits per heavy atom. The van der Waals surface area contributed by atoms with Crippen molar-refractivity contribution < 1.29 is 39.6 Å². The molecule has 0 aliphatic rings. The number of phenolic OH excluding ortho intramolecular Hbond substituents is 2. The van der Waals surface area contributed by atoms with E-state index < -0.39 is 35.8 Å². The number of nitrogens with two attached hydrogens (primary N) is 2. The van der Waals surface area contributed by atoms with Crippen LogP contribution in [-0.4, -0.2) is 69.4 Å². The Morgan fingerprint density at radius 3 is 1.18 bits per heavy atom. The summed E-state index contributed by atoms with van der Waals surface area (Å²) < 4.78 is 0. The van der Waals surface area contributed by atoms with Gasteiger partial charge in [-0.1, -0.05) is 24.3 Å². The second kappa shape index (κ2) is 14.1. The summed E-state index contributed by atoms with van der Waals surface area (Å²) in [7, 11) is 0. The molecule has 10 N–H and O–H groups in total. The maximum Gasteiger partial charge on any atom is 0.326 e. The lowest BCUT2D eigenvalue weighted by Gasteiger charge is -2.13. The Balaban J connectivity index is 0.000000340. The fourth-order valence-corrected chi connectivity index (χ4v) is 2.64. The van der Waals surface area contributed by atoms with E-state index in [2.05, 4.69) is 10.6 Å². The molecule has 0 aliphatic carbocycles. The molecule has 0 aromatic heterocycles. The zero-order valence-corrected chi connectivity index (χ0v) is 18.2. The molecule has 0 fully saturated rings. The Bertz CT molecular complexity index is 884. The van der Waals surface area contributed by atoms with E-state index >= 15 is 0 Å². The summed E-state index contributed by atoms with van der Waals surface area (Å²) >= 11 is 0. The van der Waals surface area contributed by atoms with Crippen molar-refractivity contribution >= 4 is 23.8 Å². The van der Waals surface area contributed by atoms with Gasteiger partial charge in [0.05, 0.1) is 13.1 Å². The quantitative estimate of drug-likeness (QED) is 0.207. The van der Waals surface area contributed by atoms with E-state index in [1.165, 1.54) is 24.3 Å². The third kappa shape index (κ3) is 10.4. The van der Waals surface area contributed by atoms with Gasteiger partial charge in [-0.3, -0.25) is 9.59 Å². The highest BCUT2D eigenvalue weighted by Gasteiger charge is 2.20. The predicted molar refractivity (Wildman–Crippen MR) is 121 cm³/mol. The Kier molecular flexibility index (Phi) is 11.5. The number of carboxylic acids is 2. The summed E-state index contributed by atoms with van der Waals surface area (Å²) in [5, 5.41) is 40.6. The van der Waals surface area contributed by atoms with Gasteiger partial charge in [0.15, 0.2) is 0 Å². The van der Waals surface area contributed by atoms with E-state index in [0.29, 0.717) is 11.1 Å². The van der Waals surface area contributed by atoms with Gasteiger partial charge < -0.3 is 42.5 Å². The van der Waals surface area contributed by atoms with Crippen LogP contribution in [0.3, 0.4) is 0 Å². The summed E-state index contributed by atoms with van der Waals surface area (Å²) in [6, 6.07) is 10.2. The fraction of sp³-hybridized carbons (Fsp3) is 0.273. The summed E-state index contributed by atoms with van der Waals surface area (Å²) in [5.74, 6) is -3.08. The number of hydrogen-bond acceptors (Lipinski definition) is 8. The molecule has 184 valence electrons. The molecule has 2 rings (SSSR count). The molecule has 2 aromatic carbocycles. The first-order chi connectivity index (χ1) is 16.0. The number of carbonyl (C=O) groups is 4. The smallest absolute Gasteiger partial charge is 0.326 e. The maximum atomic E-state index is 11.0. The number of phenols is 2. The average Bonchev–Trinajstić information content (AvgIpc) is 2.80. The van der Waals surface area contributed by atoms with Crippen molar-refractivity contribution in [2.45, 2.75) is 24.9 Å². The van der Waals surface area contributed by atoms with Crippen LogP contribution in [0, 0.1) is 0 Å². The monoisotopic (exact) mass is 476 g/mol. The highest BCUT2D eigenvalue weighted by atomic mass is 16.4. The molecule has 0 heterocycles. The number of aliphatic carboxylic acids is 2. The van der Waals surface area contributed by atoms with Gasteiger partial charge in [0.2, 0.25) is 11.8 Å². The van der Waals surface area contributed by atoms with E-state index in [1.54, 1.807) is 24.3 Å². The van der Waals surface area contributed by atoms with Gasteiger partial charge in [-0.15, -0.1) is 0 Å². The molecule has 0 saturated heterocycles. The van der Waals surface area contributed by atoms with Crippen molar-refractivity contribution in [3.05, 3.63) is 59.7 Å². The minimum absolute atomic E-state index is 0.103. The average molecular weight is 476 g/mol. The number of benzene rings is 2. The van der Waals surface area contributed by atoms with Crippen LogP contribution < -0.4 is 22.1 Å². The zero-order valence-electron chi connectivity index (χ0n) is 18.2. The minimum Gasteiger partial charge on any atom is -0.508 e. The molecule has 2 atom stereocenters. The number of rotatable bonds is 10. The third-order valence-electron chi connectivity index (χ3n) is 4.39. The highest BCUT2D eigenvalue weighted by molar-refractivity contribution is 5.85. The molecular formula is C22H28N4O8. The van der Waals surface area contributed by atoms with Gasteiger partial charge in [0.25, 0.3) is 0 Å². The largest absolute Gasteiger partial charge is 0.508 e. The van der Waals surface area contributed by atoms with Crippen molar-refractivity contribution in [1.29, 1.82) is 0 Å². The van der Waals surface area contributed by atoms with Gasteiger partial charge in [-0.25, -0.2) is 9.59 Å². The maximum absolute atomic E-state index is 11.0. The molecule has 2 amide bonds. The molecule has 0 aliphatic heterocycles. The normalized spacial score (nSPS) is 11.8. The first kappa shape index (κ1) is 27.9. The molecule has 12 nitrogen and oxygen atoms in total. The zero-order chi connectivity index (χ0) is 25.7. The fourth-order valence-electron chi connectivity index (χ4n) is 2.64. The molecule has 0 bridgehead atoms. The van der Waals surface area contributed by atoms with Gasteiger partial charge >= 0.3 is 11.9 Å². The summed E-state index contributed by atoms with van der Waals surface area (Å²) in [5.41, 5.74) is 11.6. The number of hydrogen-bond donors (Lipinski definition) is 8. The van der Waals surface area contributed by atoms with Crippen LogP contribution in [0.4, 0.5) is 0 Å². The summed E-state index contributed by atoms with van der Waals surface area (Å²) in [6.07, 6.45) is 0.280. The Labute approximate surface area is 195 Å². The van der Waals surface area contributed by atoms with Gasteiger partial charge in [0.1, 0.15) is 23.6 Å². The number of aromatic hydroxyl groups is 2. The summed E-state index contributed by atoms with van der Waals surface area (Å²) in [6.45, 7) is -0.501. The van der Waals surface area contributed by atoms with E-state index in [0.717, 1.165) is 0 Å². The number of nitrogens with one attached hydrogen (secondary N) is 2. The minimum atomic E-state index is -1.13. The molecule has 0 saturated carbocycles. The topological polar surface area (TPSA) is 225 Å². The number of carbonyl (C=O) groups excluding carboxylic acids is 2. The van der Waals surface area contributed by atoms with Crippen molar-refractivity contribution in [3.8, 4) is 11.5 Å². The van der Waals surface area contributed by atoms with Crippen LogP contribution in [-0.2, 0) is 32.0 Å². The summed E-state index contributed by atoms with van der Waals surface area (Å²) in [4.78, 5) is 43.9. The van der Waals surface area contributed by atoms with Crippen LogP contribution in [0.1, 0.15) is 11.1 Å². The van der Waals surface area contributed by atoms with Gasteiger partial charge in [-0.05, 0) is 35.4 Å². The van der Waals surface area contributed by atoms with Crippen LogP contribution in [0.15, 0.2) is 48.5 Å². The molecule has 0 spiro atoms. The molecule has 34 heavy (non-hydrogen) atoms. The van der Waals surface area contributed by atoms with Crippen LogP contribution >= 0.6 is 0 Å².